The van der Waals surface area contributed by atoms with Crippen LogP contribution in [0.1, 0.15) is 18.1 Å². The Hall–Kier alpha value is -2.36. The average molecular weight is 409 g/mol. The lowest BCUT2D eigenvalue weighted by molar-refractivity contribution is -0.122. The molecule has 0 radical (unpaired) electrons. The quantitative estimate of drug-likeness (QED) is 0.584. The molecule has 1 aromatic heterocycles. The third-order valence-corrected chi connectivity index (χ3v) is 6.97. The van der Waals surface area contributed by atoms with Crippen LogP contribution in [0.5, 0.6) is 0 Å². The van der Waals surface area contributed by atoms with Crippen molar-refractivity contribution in [2.45, 2.75) is 12.3 Å². The van der Waals surface area contributed by atoms with Gasteiger partial charge in [0.1, 0.15) is 0 Å². The lowest BCUT2D eigenvalue weighted by atomic mass is 9.79. The number of hydrogen-bond acceptors (Lipinski definition) is 2. The van der Waals surface area contributed by atoms with Crippen LogP contribution in [0.25, 0.3) is 0 Å². The Bertz CT molecular complexity index is 1010. The molecule has 3 atom stereocenters. The lowest BCUT2D eigenvalue weighted by Gasteiger charge is -2.30. The van der Waals surface area contributed by atoms with Crippen LogP contribution in [0.4, 0.5) is 5.69 Å². The van der Waals surface area contributed by atoms with Crippen molar-refractivity contribution in [1.82, 2.24) is 4.98 Å². The summed E-state index contributed by atoms with van der Waals surface area (Å²) in [5.41, 5.74) is 2.20. The van der Waals surface area contributed by atoms with E-state index < -0.39 is 5.41 Å². The minimum atomic E-state index is -0.523. The molecule has 0 bridgehead atoms. The Morgan fingerprint density at radius 3 is 2.14 bits per heavy atom. The van der Waals surface area contributed by atoms with Gasteiger partial charge in [-0.25, -0.2) is 0 Å². The maximum Gasteiger partial charge on any atom is 0.234 e. The van der Waals surface area contributed by atoms with Crippen LogP contribution in [0.15, 0.2) is 73.1 Å². The molecule has 5 rings (SSSR count). The van der Waals surface area contributed by atoms with Crippen molar-refractivity contribution in [3.05, 3.63) is 94.2 Å². The Labute approximate surface area is 173 Å². The first-order valence-corrected chi connectivity index (χ1v) is 9.99. The summed E-state index contributed by atoms with van der Waals surface area (Å²) in [4.78, 5) is 19.7. The number of fused-ring (bicyclic) bond motifs is 1. The number of amides is 1. The fourth-order valence-corrected chi connectivity index (χ4v) is 5.81. The maximum absolute atomic E-state index is 13.7. The van der Waals surface area contributed by atoms with Gasteiger partial charge in [-0.1, -0.05) is 53.5 Å². The summed E-state index contributed by atoms with van der Waals surface area (Å²) in [6.07, 6.45) is 3.60. The van der Waals surface area contributed by atoms with Gasteiger partial charge in [0.05, 0.1) is 5.41 Å². The lowest BCUT2D eigenvalue weighted by Crippen LogP contribution is -2.39. The summed E-state index contributed by atoms with van der Waals surface area (Å²) >= 11 is 12.4. The zero-order valence-corrected chi connectivity index (χ0v) is 16.8. The fraction of sp³-hybridized carbons (Fsp3) is 0.217. The molecule has 2 fully saturated rings. The summed E-state index contributed by atoms with van der Waals surface area (Å²) < 4.78 is 0. The molecule has 5 heteroatoms. The van der Waals surface area contributed by atoms with Gasteiger partial charge in [0.15, 0.2) is 0 Å². The fourth-order valence-electron chi connectivity index (χ4n) is 5.30. The van der Waals surface area contributed by atoms with E-state index in [0.717, 1.165) is 11.3 Å². The molecule has 1 aliphatic heterocycles. The predicted molar refractivity (Wildman–Crippen MR) is 112 cm³/mol. The number of piperidine rings is 1. The van der Waals surface area contributed by atoms with Crippen LogP contribution in [-0.4, -0.2) is 17.4 Å². The first-order valence-electron chi connectivity index (χ1n) is 9.23. The second-order valence-electron chi connectivity index (χ2n) is 7.71. The number of nitrogens with zero attached hydrogens (tertiary/aromatic N) is 2. The van der Waals surface area contributed by atoms with E-state index in [0.29, 0.717) is 16.6 Å². The third kappa shape index (κ3) is 2.17. The van der Waals surface area contributed by atoms with Crippen LogP contribution >= 0.6 is 23.2 Å². The van der Waals surface area contributed by atoms with Crippen LogP contribution in [0, 0.1) is 11.3 Å². The van der Waals surface area contributed by atoms with Gasteiger partial charge in [-0.3, -0.25) is 9.78 Å². The van der Waals surface area contributed by atoms with Gasteiger partial charge in [0, 0.05) is 46.0 Å². The molecular weight excluding hydrogens is 391 g/mol. The number of halogens is 2. The zero-order valence-electron chi connectivity index (χ0n) is 15.3. The Morgan fingerprint density at radius 1 is 0.964 bits per heavy atom. The molecule has 0 unspecified atom stereocenters. The molecule has 0 N–H and O–H groups in total. The Morgan fingerprint density at radius 2 is 1.57 bits per heavy atom. The predicted octanol–water partition coefficient (Wildman–Crippen LogP) is 5.36. The highest BCUT2D eigenvalue weighted by Gasteiger charge is 2.82. The highest BCUT2D eigenvalue weighted by atomic mass is 35.5. The number of rotatable bonds is 3. The Balaban J connectivity index is 1.62. The third-order valence-electron chi connectivity index (χ3n) is 6.53. The van der Waals surface area contributed by atoms with Gasteiger partial charge in [-0.15, -0.1) is 0 Å². The monoisotopic (exact) mass is 408 g/mol. The standard InChI is InChI=1S/C23H18Cl2N2O/c1-22-20(14-27(21(22)28)19-12-17(24)11-18(25)13-19)23(22,15-5-3-2-4-6-15)16-7-9-26-10-8-16/h2-13,20H,14H2,1H3/t20-,22-,23-/m1/s1. The second-order valence-corrected chi connectivity index (χ2v) is 8.58. The minimum absolute atomic E-state index is 0.108. The number of anilines is 1. The smallest absolute Gasteiger partial charge is 0.234 e. The van der Waals surface area contributed by atoms with E-state index in [9.17, 15) is 4.79 Å². The normalized spacial score (nSPS) is 28.3. The molecule has 140 valence electrons. The summed E-state index contributed by atoms with van der Waals surface area (Å²) in [5, 5.41) is 1.06. The SMILES string of the molecule is C[C@]12C(=O)N(c3cc(Cl)cc(Cl)c3)C[C@H]1[C@@]2(c1ccccc1)c1ccncc1. The van der Waals surface area contributed by atoms with E-state index in [1.165, 1.54) is 5.56 Å². The molecule has 1 amide bonds. The van der Waals surface area contributed by atoms with Crippen molar-refractivity contribution >= 4 is 34.8 Å². The summed E-state index contributed by atoms with van der Waals surface area (Å²) in [6.45, 7) is 2.71. The van der Waals surface area contributed by atoms with E-state index in [-0.39, 0.29) is 17.2 Å². The molecule has 3 nitrogen and oxygen atoms in total. The topological polar surface area (TPSA) is 33.2 Å². The van der Waals surface area contributed by atoms with Crippen molar-refractivity contribution in [1.29, 1.82) is 0 Å². The highest BCUT2D eigenvalue weighted by Crippen LogP contribution is 2.76. The van der Waals surface area contributed by atoms with Crippen molar-refractivity contribution in [3.63, 3.8) is 0 Å². The summed E-state index contributed by atoms with van der Waals surface area (Å²) in [5.74, 6) is 0.270. The second kappa shape index (κ2) is 6.07. The Kier molecular flexibility index (Phi) is 3.84. The molecule has 2 aromatic carbocycles. The number of aromatic nitrogens is 1. The number of hydrogen-bond donors (Lipinski definition) is 0. The van der Waals surface area contributed by atoms with Crippen LogP contribution in [0.2, 0.25) is 10.0 Å². The number of carbonyl (C=O) groups is 1. The first-order chi connectivity index (χ1) is 13.5. The van der Waals surface area contributed by atoms with Crippen molar-refractivity contribution < 1.29 is 4.79 Å². The molecule has 1 aliphatic carbocycles. The molecule has 3 aromatic rings. The number of pyridine rings is 1. The molecule has 2 aliphatic rings. The van der Waals surface area contributed by atoms with E-state index >= 15 is 0 Å². The van der Waals surface area contributed by atoms with Gasteiger partial charge in [-0.05, 0) is 48.4 Å². The van der Waals surface area contributed by atoms with E-state index in [1.807, 2.05) is 35.2 Å². The van der Waals surface area contributed by atoms with Crippen LogP contribution in [-0.2, 0) is 10.2 Å². The van der Waals surface area contributed by atoms with E-state index in [2.05, 4.69) is 24.0 Å². The van der Waals surface area contributed by atoms with Crippen molar-refractivity contribution in [2.75, 3.05) is 11.4 Å². The summed E-state index contributed by atoms with van der Waals surface area (Å²) in [6, 6.07) is 19.7. The van der Waals surface area contributed by atoms with Gasteiger partial charge in [0.2, 0.25) is 5.91 Å². The molecule has 1 saturated heterocycles. The van der Waals surface area contributed by atoms with E-state index in [4.69, 9.17) is 23.2 Å². The average Bonchev–Trinajstić information content (AvgIpc) is 3.14. The minimum Gasteiger partial charge on any atom is -0.311 e. The zero-order chi connectivity index (χ0) is 19.5. The molecule has 0 spiro atoms. The van der Waals surface area contributed by atoms with Crippen molar-refractivity contribution in [2.24, 2.45) is 11.3 Å². The molecular formula is C23H18Cl2N2O. The number of benzene rings is 2. The van der Waals surface area contributed by atoms with Gasteiger partial charge < -0.3 is 4.90 Å². The van der Waals surface area contributed by atoms with Crippen molar-refractivity contribution in [3.8, 4) is 0 Å². The van der Waals surface area contributed by atoms with Gasteiger partial charge >= 0.3 is 0 Å². The molecule has 1 saturated carbocycles. The van der Waals surface area contributed by atoms with Crippen LogP contribution in [0.3, 0.4) is 0 Å². The number of carbonyl (C=O) groups excluding carboxylic acids is 1. The maximum atomic E-state index is 13.7. The van der Waals surface area contributed by atoms with E-state index in [1.54, 1.807) is 30.6 Å². The highest BCUT2D eigenvalue weighted by molar-refractivity contribution is 6.35. The molecule has 2 heterocycles. The van der Waals surface area contributed by atoms with Gasteiger partial charge in [-0.2, -0.15) is 0 Å². The summed E-state index contributed by atoms with van der Waals surface area (Å²) in [7, 11) is 0. The molecule has 28 heavy (non-hydrogen) atoms. The van der Waals surface area contributed by atoms with Gasteiger partial charge in [0.25, 0.3) is 0 Å². The largest absolute Gasteiger partial charge is 0.311 e. The first kappa shape index (κ1) is 17.7. The van der Waals surface area contributed by atoms with Crippen LogP contribution < -0.4 is 4.90 Å².